The number of carbonyl (C=O) groups is 1. The van der Waals surface area contributed by atoms with Crippen molar-refractivity contribution in [3.63, 3.8) is 0 Å². The number of rotatable bonds is 4. The van der Waals surface area contributed by atoms with E-state index in [1.807, 2.05) is 26.0 Å². The van der Waals surface area contributed by atoms with Crippen LogP contribution in [0.4, 0.5) is 4.39 Å². The quantitative estimate of drug-likeness (QED) is 0.544. The summed E-state index contributed by atoms with van der Waals surface area (Å²) in [5.74, 6) is -0.407. The molecule has 4 rings (SSSR count). The van der Waals surface area contributed by atoms with E-state index in [-0.39, 0.29) is 11.7 Å². The van der Waals surface area contributed by atoms with Gasteiger partial charge in [-0.25, -0.2) is 4.39 Å². The van der Waals surface area contributed by atoms with Crippen LogP contribution in [0.3, 0.4) is 0 Å². The van der Waals surface area contributed by atoms with Gasteiger partial charge in [-0.3, -0.25) is 9.79 Å². The molecule has 3 aromatic rings. The molecule has 1 N–H and O–H groups in total. The van der Waals surface area contributed by atoms with Crippen LogP contribution in [-0.4, -0.2) is 15.6 Å². The van der Waals surface area contributed by atoms with E-state index < -0.39 is 0 Å². The number of hydrogen-bond acceptors (Lipinski definition) is 3. The monoisotopic (exact) mass is 433 g/mol. The van der Waals surface area contributed by atoms with Gasteiger partial charge >= 0.3 is 0 Å². The van der Waals surface area contributed by atoms with Gasteiger partial charge in [0.1, 0.15) is 5.82 Å². The van der Waals surface area contributed by atoms with Crippen molar-refractivity contribution in [1.29, 1.82) is 0 Å². The maximum absolute atomic E-state index is 13.3. The lowest BCUT2D eigenvalue weighted by Gasteiger charge is -2.09. The molecular formula is C25H24FN3OS. The second-order valence-corrected chi connectivity index (χ2v) is 8.85. The largest absolute Gasteiger partial charge is 0.318 e. The Hall–Kier alpha value is -3.12. The lowest BCUT2D eigenvalue weighted by molar-refractivity contribution is -0.115. The third kappa shape index (κ3) is 4.64. The maximum Gasteiger partial charge on any atom is 0.264 e. The Kier molecular flexibility index (Phi) is 5.83. The Labute approximate surface area is 185 Å². The number of aryl methyl sites for hydroxylation is 3. The summed E-state index contributed by atoms with van der Waals surface area (Å²) < 4.78 is 15.3. The Bertz CT molecular complexity index is 1200. The number of hydrogen-bond donors (Lipinski definition) is 1. The number of aromatic nitrogens is 1. The van der Waals surface area contributed by atoms with Gasteiger partial charge in [0.05, 0.1) is 11.4 Å². The number of benzene rings is 2. The molecule has 1 aromatic heterocycles. The van der Waals surface area contributed by atoms with E-state index in [0.29, 0.717) is 16.6 Å². The summed E-state index contributed by atoms with van der Waals surface area (Å²) >= 11 is 1.35. The summed E-state index contributed by atoms with van der Waals surface area (Å²) in [6, 6.07) is 14.8. The fourth-order valence-corrected chi connectivity index (χ4v) is 4.70. The number of aliphatic imine (C=N–C) groups is 1. The molecule has 0 saturated carbocycles. The molecule has 0 aliphatic carbocycles. The van der Waals surface area contributed by atoms with Crippen LogP contribution in [0.25, 0.3) is 11.8 Å². The Morgan fingerprint density at radius 1 is 1.03 bits per heavy atom. The second kappa shape index (κ2) is 8.55. The molecule has 1 saturated heterocycles. The number of halogens is 1. The van der Waals surface area contributed by atoms with Crippen LogP contribution in [0.15, 0.2) is 58.4 Å². The molecule has 1 aliphatic heterocycles. The van der Waals surface area contributed by atoms with Gasteiger partial charge in [0.15, 0.2) is 5.17 Å². The molecule has 0 bridgehead atoms. The predicted octanol–water partition coefficient (Wildman–Crippen LogP) is 5.61. The number of nitrogens with one attached hydrogen (secondary N) is 1. The molecule has 6 heteroatoms. The highest BCUT2D eigenvalue weighted by Crippen LogP contribution is 2.29. The molecule has 0 unspecified atom stereocenters. The molecule has 4 nitrogen and oxygen atoms in total. The van der Waals surface area contributed by atoms with Crippen molar-refractivity contribution in [2.75, 3.05) is 0 Å². The van der Waals surface area contributed by atoms with E-state index in [1.165, 1.54) is 35.0 Å². The first-order valence-electron chi connectivity index (χ1n) is 10.1. The summed E-state index contributed by atoms with van der Waals surface area (Å²) in [4.78, 5) is 17.7. The summed E-state index contributed by atoms with van der Waals surface area (Å²) in [6.45, 7) is 8.65. The lowest BCUT2D eigenvalue weighted by Crippen LogP contribution is -2.19. The second-order valence-electron chi connectivity index (χ2n) is 7.82. The van der Waals surface area contributed by atoms with Crippen molar-refractivity contribution >= 4 is 28.9 Å². The molecule has 0 radical (unpaired) electrons. The highest BCUT2D eigenvalue weighted by Gasteiger charge is 2.24. The standard InChI is InChI=1S/C25H24FN3OS/c1-15-9-16(2)11-19(10-15)14-27-25-28-24(30)23(31-25)13-20-12-17(3)29(18(20)4)22-7-5-21(26)6-8-22/h5-13H,14H2,1-4H3,(H,27,28,30)/b23-13-. The van der Waals surface area contributed by atoms with Crippen molar-refractivity contribution in [3.05, 3.63) is 92.9 Å². The molecule has 0 spiro atoms. The zero-order chi connectivity index (χ0) is 22.1. The van der Waals surface area contributed by atoms with Crippen molar-refractivity contribution in [2.24, 2.45) is 4.99 Å². The smallest absolute Gasteiger partial charge is 0.264 e. The van der Waals surface area contributed by atoms with Gasteiger partial charge < -0.3 is 9.88 Å². The molecule has 1 aliphatic rings. The number of amidine groups is 1. The number of carbonyl (C=O) groups excluding carboxylic acids is 1. The number of nitrogens with zero attached hydrogens (tertiary/aromatic N) is 2. The van der Waals surface area contributed by atoms with Gasteiger partial charge in [-0.1, -0.05) is 29.3 Å². The van der Waals surface area contributed by atoms with Gasteiger partial charge in [-0.2, -0.15) is 0 Å². The van der Waals surface area contributed by atoms with Crippen LogP contribution < -0.4 is 5.32 Å². The van der Waals surface area contributed by atoms with Gasteiger partial charge in [0.2, 0.25) is 0 Å². The molecule has 1 amide bonds. The Morgan fingerprint density at radius 2 is 1.71 bits per heavy atom. The minimum atomic E-state index is -0.264. The van der Waals surface area contributed by atoms with Gasteiger partial charge in [0, 0.05) is 17.1 Å². The summed E-state index contributed by atoms with van der Waals surface area (Å²) in [5, 5.41) is 3.47. The van der Waals surface area contributed by atoms with Crippen LogP contribution in [-0.2, 0) is 11.3 Å². The van der Waals surface area contributed by atoms with Gasteiger partial charge in [-0.05, 0) is 87.0 Å². The van der Waals surface area contributed by atoms with Crippen LogP contribution in [0, 0.1) is 33.5 Å². The maximum atomic E-state index is 13.3. The zero-order valence-corrected chi connectivity index (χ0v) is 18.8. The molecule has 2 heterocycles. The minimum absolute atomic E-state index is 0.143. The molecule has 2 aromatic carbocycles. The first-order valence-corrected chi connectivity index (χ1v) is 10.9. The molecule has 158 valence electrons. The number of thioether (sulfide) groups is 1. The average Bonchev–Trinajstić information content (AvgIpc) is 3.19. The van der Waals surface area contributed by atoms with Gasteiger partial charge in [-0.15, -0.1) is 0 Å². The van der Waals surface area contributed by atoms with Crippen LogP contribution in [0.5, 0.6) is 0 Å². The molecular weight excluding hydrogens is 409 g/mol. The Morgan fingerprint density at radius 3 is 2.39 bits per heavy atom. The van der Waals surface area contributed by atoms with Crippen molar-refractivity contribution in [3.8, 4) is 5.69 Å². The normalized spacial score (nSPS) is 16.4. The van der Waals surface area contributed by atoms with Crippen LogP contribution in [0.2, 0.25) is 0 Å². The zero-order valence-electron chi connectivity index (χ0n) is 18.0. The lowest BCUT2D eigenvalue weighted by atomic mass is 10.1. The fraction of sp³-hybridized carbons (Fsp3) is 0.200. The van der Waals surface area contributed by atoms with Crippen LogP contribution in [0.1, 0.15) is 33.6 Å². The van der Waals surface area contributed by atoms with Crippen LogP contribution >= 0.6 is 11.8 Å². The summed E-state index contributed by atoms with van der Waals surface area (Å²) in [7, 11) is 0. The summed E-state index contributed by atoms with van der Waals surface area (Å²) in [5.41, 5.74) is 7.38. The highest BCUT2D eigenvalue weighted by atomic mass is 32.2. The summed E-state index contributed by atoms with van der Waals surface area (Å²) in [6.07, 6.45) is 1.89. The third-order valence-electron chi connectivity index (χ3n) is 5.18. The average molecular weight is 434 g/mol. The first kappa shape index (κ1) is 21.1. The van der Waals surface area contributed by atoms with Gasteiger partial charge in [0.25, 0.3) is 5.91 Å². The third-order valence-corrected chi connectivity index (χ3v) is 6.13. The highest BCUT2D eigenvalue weighted by molar-refractivity contribution is 8.18. The van der Waals surface area contributed by atoms with E-state index in [4.69, 9.17) is 0 Å². The van der Waals surface area contributed by atoms with E-state index in [9.17, 15) is 9.18 Å². The van der Waals surface area contributed by atoms with E-state index >= 15 is 0 Å². The molecule has 31 heavy (non-hydrogen) atoms. The fourth-order valence-electron chi connectivity index (χ4n) is 3.89. The SMILES string of the molecule is Cc1cc(C)cc(CN=C2NC(=O)/C(=C/c3cc(C)n(-c4ccc(F)cc4)c3C)S2)c1. The van der Waals surface area contributed by atoms with E-state index in [2.05, 4.69) is 46.9 Å². The first-order chi connectivity index (χ1) is 14.8. The van der Waals surface area contributed by atoms with E-state index in [1.54, 1.807) is 12.1 Å². The Balaban J connectivity index is 1.56. The van der Waals surface area contributed by atoms with Crippen molar-refractivity contribution in [2.45, 2.75) is 34.2 Å². The van der Waals surface area contributed by atoms with E-state index in [0.717, 1.165) is 28.2 Å². The predicted molar refractivity (Wildman–Crippen MR) is 126 cm³/mol. The number of amides is 1. The van der Waals surface area contributed by atoms with Crippen molar-refractivity contribution < 1.29 is 9.18 Å². The molecule has 1 fully saturated rings. The minimum Gasteiger partial charge on any atom is -0.318 e. The van der Waals surface area contributed by atoms with Crippen molar-refractivity contribution in [1.82, 2.24) is 9.88 Å². The topological polar surface area (TPSA) is 46.4 Å². The molecule has 0 atom stereocenters.